The van der Waals surface area contributed by atoms with E-state index in [1.54, 1.807) is 26.5 Å². The monoisotopic (exact) mass is 392 g/mol. The third-order valence-corrected chi connectivity index (χ3v) is 4.86. The molecule has 3 aromatic rings. The van der Waals surface area contributed by atoms with Gasteiger partial charge in [0, 0.05) is 24.0 Å². The first-order valence-corrected chi connectivity index (χ1v) is 9.21. The average Bonchev–Trinajstić information content (AvgIpc) is 2.72. The van der Waals surface area contributed by atoms with E-state index in [1.807, 2.05) is 44.2 Å². The van der Waals surface area contributed by atoms with Gasteiger partial charge in [-0.2, -0.15) is 0 Å². The lowest BCUT2D eigenvalue weighted by Crippen LogP contribution is -2.22. The van der Waals surface area contributed by atoms with Gasteiger partial charge in [-0.15, -0.1) is 0 Å². The molecule has 0 aliphatic rings. The van der Waals surface area contributed by atoms with Crippen LogP contribution in [0.25, 0.3) is 0 Å². The Morgan fingerprint density at radius 2 is 1.69 bits per heavy atom. The topological polar surface area (TPSA) is 69.6 Å². The second kappa shape index (κ2) is 8.65. The van der Waals surface area contributed by atoms with Crippen molar-refractivity contribution in [2.45, 2.75) is 20.4 Å². The molecule has 0 spiro atoms. The summed E-state index contributed by atoms with van der Waals surface area (Å²) >= 11 is 0. The largest absolute Gasteiger partial charge is 0.497 e. The number of hydrogen-bond donors (Lipinski definition) is 1. The Morgan fingerprint density at radius 1 is 1.00 bits per heavy atom. The van der Waals surface area contributed by atoms with E-state index in [9.17, 15) is 9.59 Å². The molecule has 1 N–H and O–H groups in total. The Balaban J connectivity index is 1.87. The first-order chi connectivity index (χ1) is 13.9. The Kier molecular flexibility index (Phi) is 6.02. The predicted molar refractivity (Wildman–Crippen MR) is 113 cm³/mol. The maximum atomic E-state index is 12.7. The Hall–Kier alpha value is -3.54. The highest BCUT2D eigenvalue weighted by Gasteiger charge is 2.11. The van der Waals surface area contributed by atoms with Crippen LogP contribution in [0.5, 0.6) is 11.5 Å². The molecule has 1 amide bonds. The quantitative estimate of drug-likeness (QED) is 0.693. The summed E-state index contributed by atoms with van der Waals surface area (Å²) in [5, 5.41) is 2.92. The van der Waals surface area contributed by atoms with E-state index >= 15 is 0 Å². The molecule has 0 aliphatic carbocycles. The zero-order chi connectivity index (χ0) is 21.0. The van der Waals surface area contributed by atoms with Gasteiger partial charge in [0.1, 0.15) is 11.5 Å². The number of methoxy groups -OCH3 is 2. The normalized spacial score (nSPS) is 10.5. The van der Waals surface area contributed by atoms with Crippen molar-refractivity contribution in [3.8, 4) is 11.5 Å². The summed E-state index contributed by atoms with van der Waals surface area (Å²) < 4.78 is 12.1. The molecule has 0 bridgehead atoms. The summed E-state index contributed by atoms with van der Waals surface area (Å²) in [7, 11) is 3.14. The lowest BCUT2D eigenvalue weighted by atomic mass is 10.1. The van der Waals surface area contributed by atoms with Crippen molar-refractivity contribution in [2.24, 2.45) is 0 Å². The van der Waals surface area contributed by atoms with Crippen molar-refractivity contribution in [1.82, 2.24) is 4.57 Å². The molecule has 1 heterocycles. The van der Waals surface area contributed by atoms with Gasteiger partial charge in [0.05, 0.1) is 26.3 Å². The van der Waals surface area contributed by atoms with Gasteiger partial charge < -0.3 is 19.4 Å². The summed E-state index contributed by atoms with van der Waals surface area (Å²) in [5.41, 5.74) is 3.90. The van der Waals surface area contributed by atoms with Gasteiger partial charge in [0.25, 0.3) is 11.5 Å². The van der Waals surface area contributed by atoms with Crippen LogP contribution in [0.15, 0.2) is 59.5 Å². The Bertz CT molecular complexity index is 1080. The van der Waals surface area contributed by atoms with Crippen LogP contribution in [0.3, 0.4) is 0 Å². The summed E-state index contributed by atoms with van der Waals surface area (Å²) in [5.74, 6) is 1.00. The number of carbonyl (C=O) groups is 1. The molecule has 0 saturated carbocycles. The molecule has 0 unspecified atom stereocenters. The van der Waals surface area contributed by atoms with Gasteiger partial charge in [-0.1, -0.05) is 12.1 Å². The van der Waals surface area contributed by atoms with Crippen molar-refractivity contribution in [2.75, 3.05) is 19.5 Å². The second-order valence-corrected chi connectivity index (χ2v) is 6.81. The highest BCUT2D eigenvalue weighted by Crippen LogP contribution is 2.23. The molecule has 29 heavy (non-hydrogen) atoms. The van der Waals surface area contributed by atoms with Crippen LogP contribution >= 0.6 is 0 Å². The van der Waals surface area contributed by atoms with Gasteiger partial charge in [-0.05, 0) is 54.8 Å². The Labute approximate surface area is 169 Å². The van der Waals surface area contributed by atoms with Gasteiger partial charge in [-0.25, -0.2) is 0 Å². The maximum Gasteiger partial charge on any atom is 0.257 e. The van der Waals surface area contributed by atoms with Crippen molar-refractivity contribution in [3.05, 3.63) is 87.3 Å². The highest BCUT2D eigenvalue weighted by atomic mass is 16.5. The fourth-order valence-corrected chi connectivity index (χ4v) is 3.02. The van der Waals surface area contributed by atoms with Gasteiger partial charge in [0.2, 0.25) is 0 Å². The number of carbonyl (C=O) groups excluding carboxylic acids is 1. The van der Waals surface area contributed by atoms with Crippen LogP contribution < -0.4 is 20.3 Å². The minimum atomic E-state index is -0.268. The molecule has 1 aromatic heterocycles. The third kappa shape index (κ3) is 4.66. The maximum absolute atomic E-state index is 12.7. The number of pyridine rings is 1. The highest BCUT2D eigenvalue weighted by molar-refractivity contribution is 6.04. The zero-order valence-corrected chi connectivity index (χ0v) is 17.0. The van der Waals surface area contributed by atoms with Crippen LogP contribution in [-0.4, -0.2) is 24.7 Å². The fourth-order valence-electron chi connectivity index (χ4n) is 3.02. The van der Waals surface area contributed by atoms with Gasteiger partial charge in [-0.3, -0.25) is 9.59 Å². The molecule has 150 valence electrons. The van der Waals surface area contributed by atoms with E-state index in [1.165, 1.54) is 16.7 Å². The van der Waals surface area contributed by atoms with E-state index in [0.29, 0.717) is 17.1 Å². The fraction of sp³-hybridized carbons (Fsp3) is 0.217. The zero-order valence-electron chi connectivity index (χ0n) is 17.0. The van der Waals surface area contributed by atoms with Crippen LogP contribution in [0, 0.1) is 13.8 Å². The van der Waals surface area contributed by atoms with E-state index in [-0.39, 0.29) is 18.0 Å². The molecule has 6 heteroatoms. The van der Waals surface area contributed by atoms with Gasteiger partial charge in [0.15, 0.2) is 0 Å². The van der Waals surface area contributed by atoms with Crippen molar-refractivity contribution >= 4 is 11.6 Å². The van der Waals surface area contributed by atoms with Crippen LogP contribution in [0.1, 0.15) is 27.0 Å². The lowest BCUT2D eigenvalue weighted by Gasteiger charge is -2.13. The molecule has 3 rings (SSSR count). The van der Waals surface area contributed by atoms with E-state index in [4.69, 9.17) is 9.47 Å². The number of anilines is 1. The number of rotatable bonds is 6. The number of nitrogens with one attached hydrogen (secondary N) is 1. The first-order valence-electron chi connectivity index (χ1n) is 9.21. The molecule has 0 atom stereocenters. The number of hydrogen-bond acceptors (Lipinski definition) is 4. The number of amides is 1. The molecular formula is C23H24N2O4. The predicted octanol–water partition coefficient (Wildman–Crippen LogP) is 3.78. The molecule has 0 aliphatic heterocycles. The lowest BCUT2D eigenvalue weighted by molar-refractivity contribution is 0.102. The van der Waals surface area contributed by atoms with Crippen LogP contribution in [0.2, 0.25) is 0 Å². The molecular weight excluding hydrogens is 368 g/mol. The number of aryl methyl sites for hydroxylation is 1. The van der Waals surface area contributed by atoms with E-state index in [2.05, 4.69) is 5.32 Å². The van der Waals surface area contributed by atoms with Crippen molar-refractivity contribution < 1.29 is 14.3 Å². The minimum absolute atomic E-state index is 0.199. The standard InChI is InChI=1S/C23H24N2O4/c1-15-6-5-7-21(16(15)2)24-23(27)18-8-9-22(26)25(14-18)13-17-10-19(28-3)12-20(11-17)29-4/h5-12,14H,13H2,1-4H3,(H,24,27). The summed E-state index contributed by atoms with van der Waals surface area (Å²) in [6.45, 7) is 4.24. The minimum Gasteiger partial charge on any atom is -0.497 e. The number of aromatic nitrogens is 1. The molecule has 0 saturated heterocycles. The number of ether oxygens (including phenoxy) is 2. The smallest absolute Gasteiger partial charge is 0.257 e. The second-order valence-electron chi connectivity index (χ2n) is 6.81. The molecule has 2 aromatic carbocycles. The van der Waals surface area contributed by atoms with Crippen molar-refractivity contribution in [3.63, 3.8) is 0 Å². The molecule has 0 radical (unpaired) electrons. The molecule has 0 fully saturated rings. The van der Waals surface area contributed by atoms with E-state index in [0.717, 1.165) is 22.4 Å². The number of benzene rings is 2. The van der Waals surface area contributed by atoms with Gasteiger partial charge >= 0.3 is 0 Å². The Morgan fingerprint density at radius 3 is 2.34 bits per heavy atom. The average molecular weight is 392 g/mol. The molecule has 6 nitrogen and oxygen atoms in total. The SMILES string of the molecule is COc1cc(Cn2cc(C(=O)Nc3cccc(C)c3C)ccc2=O)cc(OC)c1. The van der Waals surface area contributed by atoms with Crippen LogP contribution in [-0.2, 0) is 6.54 Å². The summed E-state index contributed by atoms with van der Waals surface area (Å²) in [4.78, 5) is 25.1. The summed E-state index contributed by atoms with van der Waals surface area (Å²) in [6, 6.07) is 14.1. The third-order valence-electron chi connectivity index (χ3n) is 4.86. The van der Waals surface area contributed by atoms with Crippen LogP contribution in [0.4, 0.5) is 5.69 Å². The number of nitrogens with zero attached hydrogens (tertiary/aromatic N) is 1. The summed E-state index contributed by atoms with van der Waals surface area (Å²) in [6.07, 6.45) is 1.56. The van der Waals surface area contributed by atoms with Crippen molar-refractivity contribution in [1.29, 1.82) is 0 Å². The first kappa shape index (κ1) is 20.2. The van der Waals surface area contributed by atoms with E-state index < -0.39 is 0 Å².